The normalized spacial score (nSPS) is 17.7. The number of hydrogen-bond donors (Lipinski definition) is 1. The van der Waals surface area contributed by atoms with Crippen LogP contribution < -0.4 is 5.32 Å². The summed E-state index contributed by atoms with van der Waals surface area (Å²) < 4.78 is 3.16. The molecule has 148 valence electrons. The summed E-state index contributed by atoms with van der Waals surface area (Å²) in [7, 11) is 5.81. The van der Waals surface area contributed by atoms with Gasteiger partial charge in [-0.2, -0.15) is 0 Å². The van der Waals surface area contributed by atoms with Gasteiger partial charge in [-0.15, -0.1) is 24.0 Å². The van der Waals surface area contributed by atoms with Crippen molar-refractivity contribution in [1.82, 2.24) is 19.7 Å². The molecule has 1 N–H and O–H groups in total. The minimum absolute atomic E-state index is 0. The Kier molecular flexibility index (Phi) is 9.99. The maximum atomic E-state index is 12.3. The highest BCUT2D eigenvalue weighted by Crippen LogP contribution is 2.16. The molecule has 1 atom stereocenters. The molecular weight excluding hydrogens is 509 g/mol. The molecule has 2 heterocycles. The number of rotatable bonds is 5. The van der Waals surface area contributed by atoms with Crippen LogP contribution in [0.4, 0.5) is 0 Å². The molecule has 0 aromatic carbocycles. The molecule has 6 nitrogen and oxygen atoms in total. The third-order valence-electron chi connectivity index (χ3n) is 4.68. The van der Waals surface area contributed by atoms with E-state index in [0.717, 1.165) is 36.5 Å². The Balaban J connectivity index is 0.00000338. The smallest absolute Gasteiger partial charge is 0.224 e. The van der Waals surface area contributed by atoms with Gasteiger partial charge in [0.05, 0.1) is 6.54 Å². The van der Waals surface area contributed by atoms with Gasteiger partial charge in [0.25, 0.3) is 0 Å². The molecule has 0 radical (unpaired) electrons. The lowest BCUT2D eigenvalue weighted by molar-refractivity contribution is -0.132. The highest BCUT2D eigenvalue weighted by molar-refractivity contribution is 14.0. The number of likely N-dealkylation sites (tertiary alicyclic amines) is 1. The average molecular weight is 540 g/mol. The van der Waals surface area contributed by atoms with Crippen LogP contribution in [0, 0.1) is 5.92 Å². The van der Waals surface area contributed by atoms with Crippen molar-refractivity contribution in [3.63, 3.8) is 0 Å². The summed E-state index contributed by atoms with van der Waals surface area (Å²) in [6.45, 7) is 5.38. The van der Waals surface area contributed by atoms with Crippen LogP contribution in [0.15, 0.2) is 21.7 Å². The van der Waals surface area contributed by atoms with Gasteiger partial charge in [-0.3, -0.25) is 9.79 Å². The number of hydrogen-bond acceptors (Lipinski definition) is 2. The van der Waals surface area contributed by atoms with E-state index in [2.05, 4.69) is 48.7 Å². The summed E-state index contributed by atoms with van der Waals surface area (Å²) in [6, 6.07) is 2.10. The fourth-order valence-corrected chi connectivity index (χ4v) is 3.85. The predicted octanol–water partition coefficient (Wildman–Crippen LogP) is 3.06. The standard InChI is InChI=1S/C18H30BrN5O.HI/c1-14-6-5-9-24(11-14)17(25)7-8-21-18(20-2)23(4)13-16-10-15(19)12-22(16)3;/h10,12,14H,5-9,11,13H2,1-4H3,(H,20,21);1H. The molecule has 8 heteroatoms. The summed E-state index contributed by atoms with van der Waals surface area (Å²) in [4.78, 5) is 20.7. The zero-order valence-electron chi connectivity index (χ0n) is 16.2. The maximum Gasteiger partial charge on any atom is 0.224 e. The lowest BCUT2D eigenvalue weighted by atomic mass is 10.00. The number of guanidine groups is 1. The van der Waals surface area contributed by atoms with Crippen LogP contribution in [0.3, 0.4) is 0 Å². The third kappa shape index (κ3) is 6.75. The minimum atomic E-state index is 0. The van der Waals surface area contributed by atoms with Gasteiger partial charge in [-0.05, 0) is 40.8 Å². The van der Waals surface area contributed by atoms with Crippen molar-refractivity contribution < 1.29 is 4.79 Å². The summed E-state index contributed by atoms with van der Waals surface area (Å²) >= 11 is 3.50. The van der Waals surface area contributed by atoms with E-state index in [-0.39, 0.29) is 29.9 Å². The lowest BCUT2D eigenvalue weighted by Crippen LogP contribution is -2.43. The van der Waals surface area contributed by atoms with Crippen LogP contribution in [0.1, 0.15) is 31.9 Å². The van der Waals surface area contributed by atoms with Gasteiger partial charge < -0.3 is 19.7 Å². The Bertz CT molecular complexity index is 619. The largest absolute Gasteiger partial charge is 0.356 e. The number of nitrogens with zero attached hydrogens (tertiary/aromatic N) is 4. The molecule has 1 aromatic rings. The molecule has 1 aliphatic rings. The van der Waals surface area contributed by atoms with E-state index < -0.39 is 0 Å². The number of amides is 1. The predicted molar refractivity (Wildman–Crippen MR) is 121 cm³/mol. The molecule has 0 bridgehead atoms. The highest BCUT2D eigenvalue weighted by atomic mass is 127. The van der Waals surface area contributed by atoms with E-state index in [4.69, 9.17) is 0 Å². The second-order valence-electron chi connectivity index (χ2n) is 6.93. The van der Waals surface area contributed by atoms with Crippen LogP contribution in [-0.2, 0) is 18.4 Å². The van der Waals surface area contributed by atoms with Crippen molar-refractivity contribution in [2.75, 3.05) is 33.7 Å². The first-order valence-electron chi connectivity index (χ1n) is 8.91. The van der Waals surface area contributed by atoms with Crippen molar-refractivity contribution in [1.29, 1.82) is 0 Å². The van der Waals surface area contributed by atoms with E-state index in [1.165, 1.54) is 12.1 Å². The number of aryl methyl sites for hydroxylation is 1. The lowest BCUT2D eigenvalue weighted by Gasteiger charge is -2.31. The number of aliphatic imine (C=N–C) groups is 1. The van der Waals surface area contributed by atoms with Crippen LogP contribution in [0.2, 0.25) is 0 Å². The molecule has 1 unspecified atom stereocenters. The molecule has 0 saturated carbocycles. The van der Waals surface area contributed by atoms with Gasteiger partial charge in [-0.25, -0.2) is 0 Å². The number of halogens is 2. The monoisotopic (exact) mass is 539 g/mol. The molecule has 1 aromatic heterocycles. The Morgan fingerprint density at radius 3 is 2.81 bits per heavy atom. The van der Waals surface area contributed by atoms with Gasteiger partial charge >= 0.3 is 0 Å². The SMILES string of the molecule is CN=C(NCCC(=O)N1CCCC(C)C1)N(C)Cc1cc(Br)cn1C.I. The third-order valence-corrected chi connectivity index (χ3v) is 5.11. The van der Waals surface area contributed by atoms with Crippen LogP contribution in [-0.4, -0.2) is 60.0 Å². The van der Waals surface area contributed by atoms with Crippen molar-refractivity contribution in [2.45, 2.75) is 32.7 Å². The number of nitrogens with one attached hydrogen (secondary N) is 1. The van der Waals surface area contributed by atoms with Gasteiger partial charge in [0, 0.05) is 63.6 Å². The second-order valence-corrected chi connectivity index (χ2v) is 7.84. The topological polar surface area (TPSA) is 52.9 Å². The molecule has 2 rings (SSSR count). The van der Waals surface area contributed by atoms with Gasteiger partial charge in [0.15, 0.2) is 5.96 Å². The number of carbonyl (C=O) groups is 1. The molecule has 1 saturated heterocycles. The van der Waals surface area contributed by atoms with Crippen molar-refractivity contribution >= 4 is 51.8 Å². The highest BCUT2D eigenvalue weighted by Gasteiger charge is 2.20. The molecule has 26 heavy (non-hydrogen) atoms. The average Bonchev–Trinajstić information content (AvgIpc) is 2.88. The zero-order valence-corrected chi connectivity index (χ0v) is 20.1. The van der Waals surface area contributed by atoms with Crippen molar-refractivity contribution in [3.05, 3.63) is 22.4 Å². The van der Waals surface area contributed by atoms with Gasteiger partial charge in [0.1, 0.15) is 0 Å². The number of carbonyl (C=O) groups excluding carboxylic acids is 1. The summed E-state index contributed by atoms with van der Waals surface area (Å²) in [5.41, 5.74) is 1.19. The van der Waals surface area contributed by atoms with Crippen molar-refractivity contribution in [2.24, 2.45) is 18.0 Å². The number of aromatic nitrogens is 1. The van der Waals surface area contributed by atoms with Gasteiger partial charge in [-0.1, -0.05) is 6.92 Å². The Labute approximate surface area is 182 Å². The zero-order chi connectivity index (χ0) is 18.4. The summed E-state index contributed by atoms with van der Waals surface area (Å²) in [5, 5.41) is 3.30. The Morgan fingerprint density at radius 1 is 1.50 bits per heavy atom. The van der Waals surface area contributed by atoms with E-state index >= 15 is 0 Å². The van der Waals surface area contributed by atoms with Crippen LogP contribution in [0.25, 0.3) is 0 Å². The summed E-state index contributed by atoms with van der Waals surface area (Å²) in [6.07, 6.45) is 4.90. The first-order chi connectivity index (χ1) is 11.9. The molecular formula is C18H31BrIN5O. The maximum absolute atomic E-state index is 12.3. The minimum Gasteiger partial charge on any atom is -0.356 e. The first kappa shape index (κ1) is 23.3. The Hall–Kier alpha value is -0.770. The van der Waals surface area contributed by atoms with Crippen molar-refractivity contribution in [3.8, 4) is 0 Å². The van der Waals surface area contributed by atoms with Crippen LogP contribution in [0.5, 0.6) is 0 Å². The molecule has 1 amide bonds. The van der Waals surface area contributed by atoms with Crippen LogP contribution >= 0.6 is 39.9 Å². The second kappa shape index (κ2) is 11.2. The Morgan fingerprint density at radius 2 is 2.23 bits per heavy atom. The molecule has 0 spiro atoms. The van der Waals surface area contributed by atoms with E-state index in [1.54, 1.807) is 7.05 Å². The van der Waals surface area contributed by atoms with E-state index in [1.807, 2.05) is 25.2 Å². The fraction of sp³-hybridized carbons (Fsp3) is 0.667. The first-order valence-corrected chi connectivity index (χ1v) is 9.70. The van der Waals surface area contributed by atoms with E-state index in [9.17, 15) is 4.79 Å². The number of piperidine rings is 1. The fourth-order valence-electron chi connectivity index (χ4n) is 3.28. The molecule has 1 fully saturated rings. The quantitative estimate of drug-likeness (QED) is 0.355. The summed E-state index contributed by atoms with van der Waals surface area (Å²) in [5.74, 6) is 1.66. The molecule has 0 aliphatic carbocycles. The molecule has 1 aliphatic heterocycles. The van der Waals surface area contributed by atoms with Gasteiger partial charge in [0.2, 0.25) is 5.91 Å². The van der Waals surface area contributed by atoms with E-state index in [0.29, 0.717) is 18.9 Å².